The summed E-state index contributed by atoms with van der Waals surface area (Å²) in [6.45, 7) is 1.76. The van der Waals surface area contributed by atoms with Gasteiger partial charge in [-0.25, -0.2) is 14.6 Å². The number of nitrogens with zero attached hydrogens (tertiary/aromatic N) is 7. The zero-order valence-corrected chi connectivity index (χ0v) is 23.5. The van der Waals surface area contributed by atoms with Gasteiger partial charge in [0.1, 0.15) is 17.7 Å². The van der Waals surface area contributed by atoms with Crippen LogP contribution in [0.5, 0.6) is 0 Å². The molecule has 0 radical (unpaired) electrons. The molecule has 1 fully saturated rings. The molecule has 5 heterocycles. The third-order valence-corrected chi connectivity index (χ3v) is 7.85. The number of fused-ring (bicyclic) bond motifs is 2. The number of carbonyl (C=O) groups is 2. The first kappa shape index (κ1) is 26.6. The number of anilines is 2. The molecule has 0 saturated carbocycles. The van der Waals surface area contributed by atoms with Gasteiger partial charge in [-0.15, -0.1) is 11.3 Å². The van der Waals surface area contributed by atoms with Gasteiger partial charge in [0.25, 0.3) is 5.91 Å². The Kier molecular flexibility index (Phi) is 7.20. The summed E-state index contributed by atoms with van der Waals surface area (Å²) in [5.41, 5.74) is 8.89. The molecule has 1 unspecified atom stereocenters. The Bertz CT molecular complexity index is 1760. The molecule has 0 aliphatic carbocycles. The summed E-state index contributed by atoms with van der Waals surface area (Å²) >= 11 is 1.63. The normalized spacial score (nSPS) is 15.9. The van der Waals surface area contributed by atoms with E-state index in [4.69, 9.17) is 10.2 Å². The lowest BCUT2D eigenvalue weighted by atomic mass is 10.1. The molecule has 6 rings (SSSR count). The third-order valence-electron chi connectivity index (χ3n) is 6.93. The number of thiophene rings is 1. The number of hydrogen-bond donors (Lipinski definition) is 2. The van der Waals surface area contributed by atoms with Crippen LogP contribution in [0.15, 0.2) is 58.6 Å². The minimum atomic E-state index is -0.546. The smallest absolute Gasteiger partial charge is 0.302 e. The molecule has 2 amide bonds. The molecular formula is C28H29N9O3S. The van der Waals surface area contributed by atoms with Crippen molar-refractivity contribution in [1.82, 2.24) is 34.5 Å². The molecule has 3 N–H and O–H groups in total. The average Bonchev–Trinajstić information content (AvgIpc) is 3.71. The van der Waals surface area contributed by atoms with Crippen molar-refractivity contribution in [3.63, 3.8) is 0 Å². The van der Waals surface area contributed by atoms with Crippen LogP contribution in [-0.4, -0.2) is 80.1 Å². The number of nitrogen functional groups attached to an aromatic ring is 1. The molecule has 0 bridgehead atoms. The zero-order valence-electron chi connectivity index (χ0n) is 22.6. The number of hydrogen-bond acceptors (Lipinski definition) is 10. The molecule has 4 aromatic heterocycles. The first-order valence-electron chi connectivity index (χ1n) is 13.2. The van der Waals surface area contributed by atoms with Crippen LogP contribution < -0.4 is 11.1 Å². The average molecular weight is 572 g/mol. The lowest BCUT2D eigenvalue weighted by molar-refractivity contribution is -0.127. The minimum absolute atomic E-state index is 0.0467. The van der Waals surface area contributed by atoms with Gasteiger partial charge in [-0.2, -0.15) is 10.1 Å². The van der Waals surface area contributed by atoms with Gasteiger partial charge in [-0.1, -0.05) is 12.1 Å². The van der Waals surface area contributed by atoms with E-state index in [1.165, 1.54) is 6.33 Å². The summed E-state index contributed by atoms with van der Waals surface area (Å²) in [4.78, 5) is 44.1. The second-order valence-electron chi connectivity index (χ2n) is 10.1. The fourth-order valence-electron chi connectivity index (χ4n) is 4.97. The quantitative estimate of drug-likeness (QED) is 0.278. The number of piperidine rings is 1. The number of aromatic nitrogens is 5. The van der Waals surface area contributed by atoms with Gasteiger partial charge in [0.05, 0.1) is 11.4 Å². The molecule has 1 aliphatic rings. The Labute approximate surface area is 239 Å². The van der Waals surface area contributed by atoms with E-state index in [0.29, 0.717) is 41.8 Å². The number of amides is 2. The predicted molar refractivity (Wildman–Crippen MR) is 158 cm³/mol. The fraction of sp³-hybridized carbons (Fsp3) is 0.286. The Morgan fingerprint density at radius 3 is 2.95 bits per heavy atom. The van der Waals surface area contributed by atoms with Crippen molar-refractivity contribution in [3.8, 4) is 10.4 Å². The molecule has 1 atom stereocenters. The standard InChI is InChI=1S/C28H29N9O3S/c1-35(2)11-4-8-22(38)36-12-3-6-18(15-36)37-26-23(25(29)30-16-31-26)24(34-37)27(39)33-28-32-19-14-17(9-10-20(19)40-28)21-7-5-13-41-21/h4-5,7-10,13-14,16,18H,3,6,11-12,15H2,1-2H3,(H2,29,30,31)(H,32,33,39)/b8-4+. The Morgan fingerprint density at radius 2 is 2.15 bits per heavy atom. The number of benzene rings is 1. The van der Waals surface area contributed by atoms with Crippen LogP contribution >= 0.6 is 11.3 Å². The van der Waals surface area contributed by atoms with Gasteiger partial charge in [0.2, 0.25) is 5.91 Å². The zero-order chi connectivity index (χ0) is 28.5. The summed E-state index contributed by atoms with van der Waals surface area (Å²) < 4.78 is 7.48. The summed E-state index contributed by atoms with van der Waals surface area (Å²) in [6, 6.07) is 9.58. The van der Waals surface area contributed by atoms with E-state index in [1.54, 1.807) is 27.0 Å². The highest BCUT2D eigenvalue weighted by Crippen LogP contribution is 2.31. The van der Waals surface area contributed by atoms with Crippen LogP contribution in [0.3, 0.4) is 0 Å². The van der Waals surface area contributed by atoms with Gasteiger partial charge < -0.3 is 20.0 Å². The topological polar surface area (TPSA) is 148 Å². The maximum absolute atomic E-state index is 13.5. The van der Waals surface area contributed by atoms with Crippen LogP contribution in [0.1, 0.15) is 29.4 Å². The molecule has 5 aromatic rings. The predicted octanol–water partition coefficient (Wildman–Crippen LogP) is 3.81. The highest BCUT2D eigenvalue weighted by atomic mass is 32.1. The SMILES string of the molecule is CN(C)C/C=C/C(=O)N1CCCC(n2nc(C(=O)Nc3nc4cc(-c5cccs5)ccc4o3)c3c(N)ncnc32)C1. The number of oxazole rings is 1. The number of likely N-dealkylation sites (N-methyl/N-ethyl adjacent to an activating group) is 1. The van der Waals surface area contributed by atoms with Crippen LogP contribution in [-0.2, 0) is 4.79 Å². The Balaban J connectivity index is 1.26. The van der Waals surface area contributed by atoms with Crippen LogP contribution in [0.2, 0.25) is 0 Å². The number of rotatable bonds is 7. The van der Waals surface area contributed by atoms with Crippen molar-refractivity contribution < 1.29 is 14.0 Å². The van der Waals surface area contributed by atoms with E-state index in [-0.39, 0.29) is 29.5 Å². The summed E-state index contributed by atoms with van der Waals surface area (Å²) in [5, 5.41) is 9.72. The molecular weight excluding hydrogens is 542 g/mol. The van der Waals surface area contributed by atoms with Crippen LogP contribution in [0.25, 0.3) is 32.6 Å². The van der Waals surface area contributed by atoms with Crippen molar-refractivity contribution in [2.45, 2.75) is 18.9 Å². The maximum atomic E-state index is 13.5. The highest BCUT2D eigenvalue weighted by Gasteiger charge is 2.30. The largest absolute Gasteiger partial charge is 0.423 e. The van der Waals surface area contributed by atoms with E-state index in [9.17, 15) is 9.59 Å². The van der Waals surface area contributed by atoms with E-state index in [2.05, 4.69) is 25.4 Å². The van der Waals surface area contributed by atoms with Crippen molar-refractivity contribution in [1.29, 1.82) is 0 Å². The summed E-state index contributed by atoms with van der Waals surface area (Å²) in [6.07, 6.45) is 6.36. The van der Waals surface area contributed by atoms with Gasteiger partial charge in [-0.3, -0.25) is 14.9 Å². The molecule has 13 heteroatoms. The van der Waals surface area contributed by atoms with Gasteiger partial charge in [-0.05, 0) is 62.1 Å². The van der Waals surface area contributed by atoms with E-state index in [0.717, 1.165) is 23.3 Å². The van der Waals surface area contributed by atoms with Crippen molar-refractivity contribution >= 4 is 57.1 Å². The minimum Gasteiger partial charge on any atom is -0.423 e. The number of nitrogens with one attached hydrogen (secondary N) is 1. The molecule has 0 spiro atoms. The molecule has 210 valence electrons. The fourth-order valence-corrected chi connectivity index (χ4v) is 5.69. The van der Waals surface area contributed by atoms with Crippen LogP contribution in [0, 0.1) is 0 Å². The second-order valence-corrected chi connectivity index (χ2v) is 11.1. The van der Waals surface area contributed by atoms with E-state index in [1.807, 2.05) is 60.8 Å². The molecule has 41 heavy (non-hydrogen) atoms. The van der Waals surface area contributed by atoms with E-state index >= 15 is 0 Å². The number of likely N-dealkylation sites (tertiary alicyclic amines) is 1. The highest BCUT2D eigenvalue weighted by molar-refractivity contribution is 7.13. The monoisotopic (exact) mass is 571 g/mol. The van der Waals surface area contributed by atoms with Crippen LogP contribution in [0.4, 0.5) is 11.8 Å². The Morgan fingerprint density at radius 1 is 1.27 bits per heavy atom. The summed E-state index contributed by atoms with van der Waals surface area (Å²) in [5.74, 6) is -0.464. The second kappa shape index (κ2) is 11.1. The number of carbonyl (C=O) groups excluding carboxylic acids is 2. The number of nitrogens with two attached hydrogens (primary N) is 1. The van der Waals surface area contributed by atoms with Gasteiger partial charge in [0.15, 0.2) is 16.9 Å². The van der Waals surface area contributed by atoms with E-state index < -0.39 is 5.91 Å². The lowest BCUT2D eigenvalue weighted by Gasteiger charge is -2.32. The molecule has 12 nitrogen and oxygen atoms in total. The van der Waals surface area contributed by atoms with Gasteiger partial charge >= 0.3 is 6.01 Å². The van der Waals surface area contributed by atoms with Gasteiger partial charge in [0, 0.05) is 30.6 Å². The van der Waals surface area contributed by atoms with Crippen molar-refractivity contribution in [3.05, 3.63) is 59.9 Å². The first-order chi connectivity index (χ1) is 19.9. The van der Waals surface area contributed by atoms with Crippen molar-refractivity contribution in [2.75, 3.05) is 44.8 Å². The third kappa shape index (κ3) is 5.41. The lowest BCUT2D eigenvalue weighted by Crippen LogP contribution is -2.40. The first-order valence-corrected chi connectivity index (χ1v) is 14.1. The maximum Gasteiger partial charge on any atom is 0.302 e. The van der Waals surface area contributed by atoms with Crippen molar-refractivity contribution in [2.24, 2.45) is 0 Å². The molecule has 1 aliphatic heterocycles. The summed E-state index contributed by atoms with van der Waals surface area (Å²) in [7, 11) is 3.89. The Hall–Kier alpha value is -4.62. The molecule has 1 saturated heterocycles. The molecule has 1 aromatic carbocycles.